The van der Waals surface area contributed by atoms with E-state index in [0.29, 0.717) is 18.5 Å². The van der Waals surface area contributed by atoms with Crippen molar-refractivity contribution in [2.45, 2.75) is 37.6 Å². The number of ether oxygens (including phenoxy) is 1. The summed E-state index contributed by atoms with van der Waals surface area (Å²) in [6, 6.07) is 8.52. The Morgan fingerprint density at radius 2 is 1.89 bits per heavy atom. The fraction of sp³-hybridized carbons (Fsp3) is 0.421. The molecule has 0 unspecified atom stereocenters. The Morgan fingerprint density at radius 3 is 2.59 bits per heavy atom. The summed E-state index contributed by atoms with van der Waals surface area (Å²) in [6.45, 7) is -1.00. The number of hydrogen-bond acceptors (Lipinski definition) is 6. The Kier molecular flexibility index (Phi) is 5.21. The Balaban J connectivity index is 1.54. The van der Waals surface area contributed by atoms with Gasteiger partial charge in [0.1, 0.15) is 12.1 Å². The molecule has 1 aromatic carbocycles. The first kappa shape index (κ1) is 18.6. The molecule has 0 atom stereocenters. The molecule has 1 aliphatic carbocycles. The first-order valence-electron chi connectivity index (χ1n) is 8.79. The number of para-hydroxylation sites is 1. The van der Waals surface area contributed by atoms with E-state index >= 15 is 0 Å². The van der Waals surface area contributed by atoms with Gasteiger partial charge in [-0.2, -0.15) is 5.26 Å². The van der Waals surface area contributed by atoms with Crippen LogP contribution in [0.15, 0.2) is 24.3 Å². The minimum Gasteiger partial charge on any atom is -0.454 e. The van der Waals surface area contributed by atoms with Crippen molar-refractivity contribution in [2.24, 2.45) is 0 Å². The van der Waals surface area contributed by atoms with E-state index in [4.69, 9.17) is 4.74 Å². The van der Waals surface area contributed by atoms with Gasteiger partial charge in [0.2, 0.25) is 0 Å². The lowest BCUT2D eigenvalue weighted by molar-refractivity contribution is -0.148. The highest BCUT2D eigenvalue weighted by Gasteiger charge is 2.37. The summed E-state index contributed by atoms with van der Waals surface area (Å²) in [4.78, 5) is 49.1. The summed E-state index contributed by atoms with van der Waals surface area (Å²) in [6.07, 6.45) is 3.89. The lowest BCUT2D eigenvalue weighted by Crippen LogP contribution is -2.50. The van der Waals surface area contributed by atoms with Gasteiger partial charge in [-0.25, -0.2) is 0 Å². The van der Waals surface area contributed by atoms with E-state index in [1.165, 1.54) is 6.07 Å². The molecular formula is C19H19N3O5. The van der Waals surface area contributed by atoms with Crippen LogP contribution in [0, 0.1) is 11.3 Å². The molecule has 0 spiro atoms. The Labute approximate surface area is 156 Å². The SMILES string of the molecule is N#CC1(NC(=O)COC(=O)CN2C(=O)C(=O)c3ccccc32)CCCCC1. The Bertz CT molecular complexity index is 836. The predicted octanol–water partition coefficient (Wildman–Crippen LogP) is 1.10. The molecule has 1 aromatic rings. The maximum Gasteiger partial charge on any atom is 0.326 e. The summed E-state index contributed by atoms with van der Waals surface area (Å²) < 4.78 is 4.93. The van der Waals surface area contributed by atoms with Crippen molar-refractivity contribution >= 4 is 29.3 Å². The number of nitriles is 1. The highest BCUT2D eigenvalue weighted by Crippen LogP contribution is 2.28. The van der Waals surface area contributed by atoms with Gasteiger partial charge in [-0.3, -0.25) is 24.1 Å². The standard InChI is InChI=1S/C19H19N3O5/c20-12-19(8-4-1-5-9-19)21-15(23)11-27-16(24)10-22-14-7-3-2-6-13(14)17(25)18(22)26/h2-3,6-7H,1,4-5,8-11H2,(H,21,23). The van der Waals surface area contributed by atoms with Crippen molar-refractivity contribution in [1.29, 1.82) is 5.26 Å². The van der Waals surface area contributed by atoms with Crippen LogP contribution < -0.4 is 10.2 Å². The molecule has 1 N–H and O–H groups in total. The minimum absolute atomic E-state index is 0.237. The van der Waals surface area contributed by atoms with E-state index in [9.17, 15) is 24.4 Å². The molecule has 1 saturated carbocycles. The van der Waals surface area contributed by atoms with Crippen LogP contribution in [-0.4, -0.2) is 42.3 Å². The van der Waals surface area contributed by atoms with Crippen molar-refractivity contribution in [3.63, 3.8) is 0 Å². The number of carbonyl (C=O) groups is 4. The number of nitrogens with one attached hydrogen (secondary N) is 1. The van der Waals surface area contributed by atoms with E-state index in [-0.39, 0.29) is 5.56 Å². The number of amides is 2. The molecule has 0 radical (unpaired) electrons. The van der Waals surface area contributed by atoms with Crippen LogP contribution >= 0.6 is 0 Å². The van der Waals surface area contributed by atoms with E-state index in [1.54, 1.807) is 18.2 Å². The van der Waals surface area contributed by atoms with Crippen LogP contribution in [0.5, 0.6) is 0 Å². The molecule has 0 saturated heterocycles. The first-order valence-corrected chi connectivity index (χ1v) is 8.79. The number of carbonyl (C=O) groups excluding carboxylic acids is 4. The van der Waals surface area contributed by atoms with Crippen LogP contribution in [0.3, 0.4) is 0 Å². The van der Waals surface area contributed by atoms with Gasteiger partial charge in [0, 0.05) is 0 Å². The average Bonchev–Trinajstić information content (AvgIpc) is 2.92. The fourth-order valence-electron chi connectivity index (χ4n) is 3.45. The number of Topliss-reactive ketones (excluding diaryl/α,β-unsaturated/α-hetero) is 1. The van der Waals surface area contributed by atoms with Gasteiger partial charge in [0.15, 0.2) is 6.61 Å². The van der Waals surface area contributed by atoms with Crippen molar-refractivity contribution in [3.8, 4) is 6.07 Å². The summed E-state index contributed by atoms with van der Waals surface area (Å²) in [7, 11) is 0. The zero-order valence-electron chi connectivity index (χ0n) is 14.7. The zero-order valence-corrected chi connectivity index (χ0v) is 14.7. The van der Waals surface area contributed by atoms with Crippen LogP contribution in [0.25, 0.3) is 0 Å². The molecule has 1 heterocycles. The quantitative estimate of drug-likeness (QED) is 0.614. The van der Waals surface area contributed by atoms with Crippen molar-refractivity contribution in [2.75, 3.05) is 18.1 Å². The largest absolute Gasteiger partial charge is 0.454 e. The van der Waals surface area contributed by atoms with Gasteiger partial charge in [-0.15, -0.1) is 0 Å². The highest BCUT2D eigenvalue weighted by atomic mass is 16.5. The Morgan fingerprint density at radius 1 is 1.19 bits per heavy atom. The molecule has 8 heteroatoms. The van der Waals surface area contributed by atoms with Crippen LogP contribution in [-0.2, 0) is 19.1 Å². The second kappa shape index (κ2) is 7.58. The topological polar surface area (TPSA) is 117 Å². The summed E-state index contributed by atoms with van der Waals surface area (Å²) in [5, 5.41) is 12.0. The first-order chi connectivity index (χ1) is 13.0. The summed E-state index contributed by atoms with van der Waals surface area (Å²) in [5.74, 6) is -2.85. The normalized spacial score (nSPS) is 17.8. The van der Waals surface area contributed by atoms with Gasteiger partial charge in [-0.1, -0.05) is 31.4 Å². The summed E-state index contributed by atoms with van der Waals surface area (Å²) in [5.41, 5.74) is -0.321. The van der Waals surface area contributed by atoms with Crippen molar-refractivity contribution in [1.82, 2.24) is 5.32 Å². The molecule has 140 valence electrons. The van der Waals surface area contributed by atoms with Crippen molar-refractivity contribution in [3.05, 3.63) is 29.8 Å². The lowest BCUT2D eigenvalue weighted by atomic mass is 9.83. The molecule has 2 amide bonds. The van der Waals surface area contributed by atoms with Gasteiger partial charge in [0.05, 0.1) is 17.3 Å². The predicted molar refractivity (Wildman–Crippen MR) is 93.7 cm³/mol. The minimum atomic E-state index is -0.905. The molecule has 2 aliphatic rings. The maximum absolute atomic E-state index is 12.1. The molecule has 8 nitrogen and oxygen atoms in total. The number of rotatable bonds is 5. The lowest BCUT2D eigenvalue weighted by Gasteiger charge is -2.31. The van der Waals surface area contributed by atoms with Gasteiger partial charge in [-0.05, 0) is 25.0 Å². The number of nitrogens with zero attached hydrogens (tertiary/aromatic N) is 2. The number of ketones is 1. The van der Waals surface area contributed by atoms with E-state index in [0.717, 1.165) is 24.2 Å². The fourth-order valence-corrected chi connectivity index (χ4v) is 3.45. The van der Waals surface area contributed by atoms with Gasteiger partial charge >= 0.3 is 5.97 Å². The number of fused-ring (bicyclic) bond motifs is 1. The van der Waals surface area contributed by atoms with Crippen molar-refractivity contribution < 1.29 is 23.9 Å². The smallest absolute Gasteiger partial charge is 0.326 e. The molecule has 1 fully saturated rings. The molecule has 27 heavy (non-hydrogen) atoms. The third kappa shape index (κ3) is 3.82. The molecule has 1 aliphatic heterocycles. The van der Waals surface area contributed by atoms with Gasteiger partial charge < -0.3 is 10.1 Å². The van der Waals surface area contributed by atoms with E-state index < -0.39 is 42.3 Å². The number of hydrogen-bond donors (Lipinski definition) is 1. The molecule has 3 rings (SSSR count). The highest BCUT2D eigenvalue weighted by molar-refractivity contribution is 6.52. The third-order valence-electron chi connectivity index (χ3n) is 4.83. The number of esters is 1. The van der Waals surface area contributed by atoms with Crippen LogP contribution in [0.4, 0.5) is 5.69 Å². The monoisotopic (exact) mass is 369 g/mol. The maximum atomic E-state index is 12.1. The van der Waals surface area contributed by atoms with E-state index in [1.807, 2.05) is 0 Å². The number of benzene rings is 1. The second-order valence-electron chi connectivity index (χ2n) is 6.70. The van der Waals surface area contributed by atoms with Crippen LogP contribution in [0.2, 0.25) is 0 Å². The number of anilines is 1. The molecule has 0 bridgehead atoms. The Hall–Kier alpha value is -3.21. The summed E-state index contributed by atoms with van der Waals surface area (Å²) >= 11 is 0. The zero-order chi connectivity index (χ0) is 19.4. The van der Waals surface area contributed by atoms with Gasteiger partial charge in [0.25, 0.3) is 17.6 Å². The third-order valence-corrected chi connectivity index (χ3v) is 4.83. The van der Waals surface area contributed by atoms with E-state index in [2.05, 4.69) is 11.4 Å². The molecular weight excluding hydrogens is 350 g/mol. The average molecular weight is 369 g/mol. The van der Waals surface area contributed by atoms with Crippen LogP contribution in [0.1, 0.15) is 42.5 Å². The molecule has 0 aromatic heterocycles. The second-order valence-corrected chi connectivity index (χ2v) is 6.70.